The van der Waals surface area contributed by atoms with Crippen LogP contribution >= 0.6 is 0 Å². The van der Waals surface area contributed by atoms with Crippen molar-refractivity contribution in [3.8, 4) is 34.2 Å². The number of para-hydroxylation sites is 2. The maximum atomic E-state index is 11.2. The van der Waals surface area contributed by atoms with E-state index in [1.165, 1.54) is 0 Å². The molecule has 3 aromatic carbocycles. The van der Waals surface area contributed by atoms with Gasteiger partial charge in [-0.2, -0.15) is 5.26 Å². The fourth-order valence-corrected chi connectivity index (χ4v) is 3.89. The number of ether oxygens (including phenoxy) is 1. The van der Waals surface area contributed by atoms with Gasteiger partial charge < -0.3 is 15.2 Å². The first-order chi connectivity index (χ1) is 16.0. The highest BCUT2D eigenvalue weighted by Gasteiger charge is 2.18. The molecule has 33 heavy (non-hydrogen) atoms. The first-order valence-electron chi connectivity index (χ1n) is 10.6. The molecule has 6 heteroatoms. The lowest BCUT2D eigenvalue weighted by molar-refractivity contribution is -0.134. The summed E-state index contributed by atoms with van der Waals surface area (Å²) in [5, 5.41) is 22.8. The van der Waals surface area contributed by atoms with Crippen molar-refractivity contribution >= 4 is 22.6 Å². The van der Waals surface area contributed by atoms with Crippen LogP contribution in [0.2, 0.25) is 0 Å². The summed E-state index contributed by atoms with van der Waals surface area (Å²) in [5.41, 5.74) is 5.72. The van der Waals surface area contributed by atoms with E-state index < -0.39 is 5.97 Å². The Morgan fingerprint density at radius 2 is 1.79 bits per heavy atom. The van der Waals surface area contributed by atoms with Gasteiger partial charge in [0.2, 0.25) is 0 Å². The third-order valence-corrected chi connectivity index (χ3v) is 5.40. The number of carbonyl (C=O) groups is 1. The van der Waals surface area contributed by atoms with Crippen LogP contribution in [0.1, 0.15) is 18.1 Å². The normalized spacial score (nSPS) is 10.6. The monoisotopic (exact) mass is 437 g/mol. The number of nitrogens with one attached hydrogen (secondary N) is 1. The standard InChI is InChI=1S/C27H23N3O3/c1-3-33-23-10-5-4-8-20(23)18-11-13-19(14-12-18)26-22(15-28)27(29-16-24(31)32)21-9-6-7-17(2)25(21)30-26/h4-14H,3,16H2,1-2H3,(H,29,30)(H,31,32). The predicted octanol–water partition coefficient (Wildman–Crippen LogP) is 5.64. The summed E-state index contributed by atoms with van der Waals surface area (Å²) in [5.74, 6) is -0.194. The van der Waals surface area contributed by atoms with Gasteiger partial charge in [0.15, 0.2) is 0 Å². The number of aliphatic carboxylic acids is 1. The Balaban J connectivity index is 1.85. The van der Waals surface area contributed by atoms with Crippen LogP contribution in [0.3, 0.4) is 0 Å². The lowest BCUT2D eigenvalue weighted by Crippen LogP contribution is -2.14. The minimum absolute atomic E-state index is 0.297. The molecule has 6 nitrogen and oxygen atoms in total. The molecule has 0 atom stereocenters. The molecule has 4 rings (SSSR count). The van der Waals surface area contributed by atoms with Crippen molar-refractivity contribution in [1.29, 1.82) is 5.26 Å². The number of carboxylic acid groups (broad SMARTS) is 1. The van der Waals surface area contributed by atoms with E-state index in [2.05, 4.69) is 11.4 Å². The predicted molar refractivity (Wildman–Crippen MR) is 129 cm³/mol. The Bertz CT molecular complexity index is 1370. The van der Waals surface area contributed by atoms with Gasteiger partial charge in [-0.05, 0) is 31.0 Å². The van der Waals surface area contributed by atoms with Gasteiger partial charge in [-0.15, -0.1) is 0 Å². The van der Waals surface area contributed by atoms with Crippen LogP contribution in [-0.4, -0.2) is 29.2 Å². The number of hydrogen-bond donors (Lipinski definition) is 2. The highest BCUT2D eigenvalue weighted by atomic mass is 16.5. The number of pyridine rings is 1. The number of hydrogen-bond acceptors (Lipinski definition) is 5. The van der Waals surface area contributed by atoms with E-state index in [4.69, 9.17) is 9.72 Å². The molecule has 0 unspecified atom stereocenters. The lowest BCUT2D eigenvalue weighted by Gasteiger charge is -2.15. The molecule has 0 fully saturated rings. The second-order valence-corrected chi connectivity index (χ2v) is 7.55. The van der Waals surface area contributed by atoms with Crippen molar-refractivity contribution in [3.63, 3.8) is 0 Å². The van der Waals surface area contributed by atoms with Crippen LogP contribution < -0.4 is 10.1 Å². The average molecular weight is 437 g/mol. The van der Waals surface area contributed by atoms with E-state index in [-0.39, 0.29) is 6.54 Å². The van der Waals surface area contributed by atoms with Crippen molar-refractivity contribution in [2.45, 2.75) is 13.8 Å². The number of nitriles is 1. The van der Waals surface area contributed by atoms with Gasteiger partial charge in [-0.3, -0.25) is 4.79 Å². The zero-order chi connectivity index (χ0) is 23.4. The molecule has 0 saturated heterocycles. The van der Waals surface area contributed by atoms with E-state index in [0.717, 1.165) is 38.9 Å². The van der Waals surface area contributed by atoms with Gasteiger partial charge in [-0.25, -0.2) is 4.98 Å². The summed E-state index contributed by atoms with van der Waals surface area (Å²) >= 11 is 0. The van der Waals surface area contributed by atoms with E-state index in [1.807, 2.05) is 80.6 Å². The highest BCUT2D eigenvalue weighted by molar-refractivity contribution is 6.00. The molecule has 0 aliphatic heterocycles. The Hall–Kier alpha value is -4.37. The summed E-state index contributed by atoms with van der Waals surface area (Å²) in [4.78, 5) is 16.0. The Labute approximate surface area is 192 Å². The first-order valence-corrected chi connectivity index (χ1v) is 10.6. The van der Waals surface area contributed by atoms with Gasteiger partial charge in [0.1, 0.15) is 23.9 Å². The third-order valence-electron chi connectivity index (χ3n) is 5.40. The zero-order valence-corrected chi connectivity index (χ0v) is 18.4. The summed E-state index contributed by atoms with van der Waals surface area (Å²) in [6.45, 7) is 4.17. The largest absolute Gasteiger partial charge is 0.493 e. The van der Waals surface area contributed by atoms with E-state index in [0.29, 0.717) is 23.6 Å². The molecule has 0 saturated carbocycles. The molecule has 0 aliphatic carbocycles. The van der Waals surface area contributed by atoms with Gasteiger partial charge in [0.05, 0.1) is 23.5 Å². The van der Waals surface area contributed by atoms with Gasteiger partial charge in [0, 0.05) is 16.5 Å². The average Bonchev–Trinajstić information content (AvgIpc) is 2.83. The van der Waals surface area contributed by atoms with E-state index in [1.54, 1.807) is 0 Å². The van der Waals surface area contributed by atoms with Gasteiger partial charge in [0.25, 0.3) is 0 Å². The number of rotatable bonds is 7. The molecule has 0 spiro atoms. The fourth-order valence-electron chi connectivity index (χ4n) is 3.89. The molecule has 0 bridgehead atoms. The number of aryl methyl sites for hydroxylation is 1. The summed E-state index contributed by atoms with van der Waals surface area (Å²) < 4.78 is 5.75. The summed E-state index contributed by atoms with van der Waals surface area (Å²) in [6, 6.07) is 23.5. The van der Waals surface area contributed by atoms with Crippen molar-refractivity contribution in [1.82, 2.24) is 4.98 Å². The molecule has 0 aliphatic rings. The topological polar surface area (TPSA) is 95.2 Å². The number of fused-ring (bicyclic) bond motifs is 1. The number of anilines is 1. The molecule has 2 N–H and O–H groups in total. The zero-order valence-electron chi connectivity index (χ0n) is 18.4. The van der Waals surface area contributed by atoms with Crippen molar-refractivity contribution in [2.24, 2.45) is 0 Å². The molecule has 0 radical (unpaired) electrons. The van der Waals surface area contributed by atoms with Crippen LogP contribution in [-0.2, 0) is 4.79 Å². The second kappa shape index (κ2) is 9.41. The van der Waals surface area contributed by atoms with Crippen LogP contribution in [0.25, 0.3) is 33.3 Å². The molecule has 0 amide bonds. The third kappa shape index (κ3) is 4.35. The number of benzene rings is 3. The Kier molecular flexibility index (Phi) is 6.23. The second-order valence-electron chi connectivity index (χ2n) is 7.55. The molecular weight excluding hydrogens is 414 g/mol. The smallest absolute Gasteiger partial charge is 0.322 e. The van der Waals surface area contributed by atoms with E-state index >= 15 is 0 Å². The van der Waals surface area contributed by atoms with Crippen molar-refractivity contribution < 1.29 is 14.6 Å². The minimum atomic E-state index is -1.00. The molecular formula is C27H23N3O3. The summed E-state index contributed by atoms with van der Waals surface area (Å²) in [7, 11) is 0. The Morgan fingerprint density at radius 3 is 2.48 bits per heavy atom. The molecule has 164 valence electrons. The highest BCUT2D eigenvalue weighted by Crippen LogP contribution is 2.36. The molecule has 1 heterocycles. The van der Waals surface area contributed by atoms with Crippen LogP contribution in [0, 0.1) is 18.3 Å². The maximum Gasteiger partial charge on any atom is 0.322 e. The van der Waals surface area contributed by atoms with Crippen molar-refractivity contribution in [2.75, 3.05) is 18.5 Å². The lowest BCUT2D eigenvalue weighted by atomic mass is 9.97. The van der Waals surface area contributed by atoms with Gasteiger partial charge in [-0.1, -0.05) is 60.7 Å². The fraction of sp³-hybridized carbons (Fsp3) is 0.148. The van der Waals surface area contributed by atoms with Crippen LogP contribution in [0.4, 0.5) is 5.69 Å². The van der Waals surface area contributed by atoms with Crippen LogP contribution in [0.5, 0.6) is 5.75 Å². The van der Waals surface area contributed by atoms with Crippen molar-refractivity contribution in [3.05, 3.63) is 77.9 Å². The quantitative estimate of drug-likeness (QED) is 0.388. The SMILES string of the molecule is CCOc1ccccc1-c1ccc(-c2nc3c(C)cccc3c(NCC(=O)O)c2C#N)cc1. The van der Waals surface area contributed by atoms with Crippen LogP contribution in [0.15, 0.2) is 66.7 Å². The maximum absolute atomic E-state index is 11.2. The first kappa shape index (κ1) is 21.8. The number of aromatic nitrogens is 1. The number of nitrogens with zero attached hydrogens (tertiary/aromatic N) is 2. The minimum Gasteiger partial charge on any atom is -0.493 e. The Morgan fingerprint density at radius 1 is 1.06 bits per heavy atom. The van der Waals surface area contributed by atoms with E-state index in [9.17, 15) is 15.2 Å². The molecule has 4 aromatic rings. The number of carboxylic acids is 1. The van der Waals surface area contributed by atoms with Gasteiger partial charge >= 0.3 is 5.97 Å². The molecule has 1 aromatic heterocycles. The summed E-state index contributed by atoms with van der Waals surface area (Å²) in [6.07, 6.45) is 0.